The molecule has 0 aliphatic heterocycles. The van der Waals surface area contributed by atoms with Crippen molar-refractivity contribution >= 4 is 17.6 Å². The minimum Gasteiger partial charge on any atom is -0.494 e. The summed E-state index contributed by atoms with van der Waals surface area (Å²) in [4.78, 5) is 21.1. The van der Waals surface area contributed by atoms with Gasteiger partial charge < -0.3 is 20.1 Å². The number of aromatic nitrogens is 2. The van der Waals surface area contributed by atoms with Crippen molar-refractivity contribution in [3.05, 3.63) is 78.4 Å². The van der Waals surface area contributed by atoms with Crippen molar-refractivity contribution in [3.8, 4) is 5.75 Å². The first-order valence-electron chi connectivity index (χ1n) is 10.0. The maximum atomic E-state index is 13.2. The zero-order valence-electron chi connectivity index (χ0n) is 17.1. The number of rotatable bonds is 12. The predicted octanol–water partition coefficient (Wildman–Crippen LogP) is 3.98. The largest absolute Gasteiger partial charge is 0.494 e. The third-order valence-corrected chi connectivity index (χ3v) is 4.50. The van der Waals surface area contributed by atoms with Gasteiger partial charge >= 0.3 is 5.97 Å². The lowest BCUT2D eigenvalue weighted by molar-refractivity contribution is -0.135. The summed E-state index contributed by atoms with van der Waals surface area (Å²) in [6, 6.07) is 15.1. The Morgan fingerprint density at radius 3 is 2.42 bits per heavy atom. The Hall–Kier alpha value is -3.68. The molecule has 0 saturated heterocycles. The Labute approximate surface area is 180 Å². The summed E-state index contributed by atoms with van der Waals surface area (Å²) in [6.45, 7) is 1.59. The first-order chi connectivity index (χ1) is 15.1. The van der Waals surface area contributed by atoms with Gasteiger partial charge in [-0.1, -0.05) is 12.1 Å². The van der Waals surface area contributed by atoms with E-state index in [9.17, 15) is 14.3 Å². The third kappa shape index (κ3) is 7.58. The number of hydrogen-bond acceptors (Lipinski definition) is 6. The van der Waals surface area contributed by atoms with Gasteiger partial charge in [0.1, 0.15) is 18.1 Å². The first kappa shape index (κ1) is 22.0. The Bertz CT molecular complexity index is 937. The summed E-state index contributed by atoms with van der Waals surface area (Å²) < 4.78 is 18.9. The number of aliphatic carboxylic acids is 1. The molecule has 8 heteroatoms. The topological polar surface area (TPSA) is 87.6 Å². The monoisotopic (exact) mass is 424 g/mol. The molecule has 0 spiro atoms. The maximum absolute atomic E-state index is 13.2. The van der Waals surface area contributed by atoms with E-state index in [0.717, 1.165) is 30.7 Å². The van der Waals surface area contributed by atoms with Crippen LogP contribution in [0.3, 0.4) is 0 Å². The highest BCUT2D eigenvalue weighted by molar-refractivity contribution is 5.73. The number of nitrogens with zero attached hydrogens (tertiary/aromatic N) is 3. The Kier molecular flexibility index (Phi) is 8.16. The highest BCUT2D eigenvalue weighted by Gasteiger charge is 2.12. The summed E-state index contributed by atoms with van der Waals surface area (Å²) >= 11 is 0. The number of anilines is 2. The summed E-state index contributed by atoms with van der Waals surface area (Å²) in [5.74, 6) is 0.0774. The first-order valence-corrected chi connectivity index (χ1v) is 10.0. The van der Waals surface area contributed by atoms with Gasteiger partial charge in [-0.25, -0.2) is 14.4 Å². The van der Waals surface area contributed by atoms with E-state index in [1.165, 1.54) is 12.1 Å². The van der Waals surface area contributed by atoms with Crippen LogP contribution in [0.5, 0.6) is 5.75 Å². The number of carboxylic acid groups (broad SMARTS) is 1. The number of nitrogens with one attached hydrogen (secondary N) is 1. The van der Waals surface area contributed by atoms with Crippen molar-refractivity contribution in [2.45, 2.75) is 19.4 Å². The molecule has 0 saturated carbocycles. The van der Waals surface area contributed by atoms with E-state index < -0.39 is 5.97 Å². The van der Waals surface area contributed by atoms with Gasteiger partial charge in [-0.2, -0.15) is 0 Å². The van der Waals surface area contributed by atoms with Crippen LogP contribution >= 0.6 is 0 Å². The van der Waals surface area contributed by atoms with Crippen molar-refractivity contribution in [2.24, 2.45) is 0 Å². The highest BCUT2D eigenvalue weighted by Crippen LogP contribution is 2.19. The van der Waals surface area contributed by atoms with Gasteiger partial charge in [0.15, 0.2) is 0 Å². The van der Waals surface area contributed by atoms with Crippen LogP contribution in [0.25, 0.3) is 0 Å². The second-order valence-electron chi connectivity index (χ2n) is 6.92. The molecule has 1 aromatic heterocycles. The zero-order valence-corrected chi connectivity index (χ0v) is 17.1. The fourth-order valence-corrected chi connectivity index (χ4v) is 2.97. The third-order valence-electron chi connectivity index (χ3n) is 4.50. The van der Waals surface area contributed by atoms with Crippen LogP contribution in [0.2, 0.25) is 0 Å². The number of hydrogen-bond donors (Lipinski definition) is 2. The van der Waals surface area contributed by atoms with E-state index in [0.29, 0.717) is 24.8 Å². The van der Waals surface area contributed by atoms with Gasteiger partial charge in [0, 0.05) is 31.2 Å². The van der Waals surface area contributed by atoms with Crippen molar-refractivity contribution in [2.75, 3.05) is 29.9 Å². The number of carboxylic acids is 1. The quantitative estimate of drug-likeness (QED) is 0.425. The van der Waals surface area contributed by atoms with Gasteiger partial charge in [-0.3, -0.25) is 4.79 Å². The van der Waals surface area contributed by atoms with Gasteiger partial charge in [0.25, 0.3) is 0 Å². The molecule has 3 rings (SSSR count). The molecule has 2 N–H and O–H groups in total. The lowest BCUT2D eigenvalue weighted by atomic mass is 10.2. The molecule has 162 valence electrons. The van der Waals surface area contributed by atoms with E-state index in [1.807, 2.05) is 24.3 Å². The van der Waals surface area contributed by atoms with Crippen molar-refractivity contribution < 1.29 is 19.0 Å². The molecule has 0 fully saturated rings. The molecule has 7 nitrogen and oxygen atoms in total. The zero-order chi connectivity index (χ0) is 21.9. The normalized spacial score (nSPS) is 10.5. The average molecular weight is 424 g/mol. The van der Waals surface area contributed by atoms with Crippen molar-refractivity contribution in [3.63, 3.8) is 0 Å². The van der Waals surface area contributed by atoms with Crippen molar-refractivity contribution in [1.29, 1.82) is 0 Å². The van der Waals surface area contributed by atoms with Gasteiger partial charge in [-0.15, -0.1) is 0 Å². The molecule has 0 aliphatic rings. The Morgan fingerprint density at radius 2 is 1.74 bits per heavy atom. The minimum absolute atomic E-state index is 0.175. The van der Waals surface area contributed by atoms with Crippen LogP contribution in [0, 0.1) is 5.82 Å². The number of carbonyl (C=O) groups is 1. The predicted molar refractivity (Wildman–Crippen MR) is 117 cm³/mol. The Balaban J connectivity index is 1.44. The van der Waals surface area contributed by atoms with E-state index in [-0.39, 0.29) is 12.4 Å². The SMILES string of the molecule is O=C(O)CN(Cc1ccc(OCCCCNc2ncccn2)cc1)c1ccc(F)cc1. The van der Waals surface area contributed by atoms with E-state index in [1.54, 1.807) is 35.5 Å². The molecule has 0 radical (unpaired) electrons. The Morgan fingerprint density at radius 1 is 1.03 bits per heavy atom. The summed E-state index contributed by atoms with van der Waals surface area (Å²) in [5.41, 5.74) is 1.59. The molecule has 2 aromatic carbocycles. The van der Waals surface area contributed by atoms with Gasteiger partial charge in [0.2, 0.25) is 5.95 Å². The molecular formula is C23H25FN4O3. The number of ether oxygens (including phenoxy) is 1. The van der Waals surface area contributed by atoms with E-state index in [2.05, 4.69) is 15.3 Å². The summed E-state index contributed by atoms with van der Waals surface area (Å²) in [5, 5.41) is 12.4. The number of unbranched alkanes of at least 4 members (excludes halogenated alkanes) is 1. The lowest BCUT2D eigenvalue weighted by Gasteiger charge is -2.23. The average Bonchev–Trinajstić information content (AvgIpc) is 2.78. The molecule has 0 unspecified atom stereocenters. The van der Waals surface area contributed by atoms with Crippen LogP contribution < -0.4 is 15.0 Å². The molecule has 0 aliphatic carbocycles. The minimum atomic E-state index is -0.947. The van der Waals surface area contributed by atoms with Crippen molar-refractivity contribution in [1.82, 2.24) is 9.97 Å². The van der Waals surface area contributed by atoms with Crippen LogP contribution in [0.1, 0.15) is 18.4 Å². The molecule has 1 heterocycles. The maximum Gasteiger partial charge on any atom is 0.323 e. The highest BCUT2D eigenvalue weighted by atomic mass is 19.1. The second kappa shape index (κ2) is 11.5. The number of benzene rings is 2. The summed E-state index contributed by atoms with van der Waals surface area (Å²) in [7, 11) is 0. The second-order valence-corrected chi connectivity index (χ2v) is 6.92. The standard InChI is InChI=1S/C23H25FN4O3/c24-19-6-8-20(9-7-19)28(17-22(29)30)16-18-4-10-21(11-5-18)31-15-2-1-12-25-23-26-13-3-14-27-23/h3-11,13-14H,1-2,12,15-17H2,(H,29,30)(H,25,26,27). The number of halogens is 1. The van der Waals surface area contributed by atoms with Gasteiger partial charge in [0.05, 0.1) is 6.61 Å². The molecule has 3 aromatic rings. The lowest BCUT2D eigenvalue weighted by Crippen LogP contribution is -2.29. The van der Waals surface area contributed by atoms with Gasteiger partial charge in [-0.05, 0) is 60.9 Å². The van der Waals surface area contributed by atoms with Crippen LogP contribution in [-0.2, 0) is 11.3 Å². The van der Waals surface area contributed by atoms with Crippen LogP contribution in [0.15, 0.2) is 67.0 Å². The molecule has 31 heavy (non-hydrogen) atoms. The van der Waals surface area contributed by atoms with Crippen LogP contribution in [0.4, 0.5) is 16.0 Å². The fourth-order valence-electron chi connectivity index (χ4n) is 2.97. The van der Waals surface area contributed by atoms with E-state index in [4.69, 9.17) is 4.74 Å². The van der Waals surface area contributed by atoms with Crippen LogP contribution in [-0.4, -0.2) is 40.7 Å². The fraction of sp³-hybridized carbons (Fsp3) is 0.261. The molecule has 0 atom stereocenters. The van der Waals surface area contributed by atoms with E-state index >= 15 is 0 Å². The molecule has 0 amide bonds. The summed E-state index contributed by atoms with van der Waals surface area (Å²) in [6.07, 6.45) is 5.21. The molecule has 0 bridgehead atoms. The smallest absolute Gasteiger partial charge is 0.323 e. The molecular weight excluding hydrogens is 399 g/mol.